The van der Waals surface area contributed by atoms with Crippen LogP contribution in [0.25, 0.3) is 0 Å². The van der Waals surface area contributed by atoms with Gasteiger partial charge in [-0.1, -0.05) is 11.6 Å². The van der Waals surface area contributed by atoms with Crippen LogP contribution in [0.2, 0.25) is 5.02 Å². The molecule has 0 saturated heterocycles. The number of hydrogen-bond acceptors (Lipinski definition) is 6. The van der Waals surface area contributed by atoms with Crippen LogP contribution in [0, 0.1) is 17.0 Å². The number of nitro groups is 1. The molecule has 0 spiro atoms. The second-order valence-corrected chi connectivity index (χ2v) is 6.81. The molecule has 2 aromatic rings. The Hall–Kier alpha value is -2.32. The summed E-state index contributed by atoms with van der Waals surface area (Å²) in [4.78, 5) is 9.47. The summed E-state index contributed by atoms with van der Waals surface area (Å²) >= 11 is 5.66. The zero-order valence-corrected chi connectivity index (χ0v) is 12.7. The van der Waals surface area contributed by atoms with Gasteiger partial charge >= 0.3 is 0 Å². The summed E-state index contributed by atoms with van der Waals surface area (Å²) < 4.78 is 25.1. The minimum Gasteiger partial charge on any atom is -0.504 e. The number of nitrogens with zero attached hydrogens (tertiary/aromatic N) is 1. The van der Waals surface area contributed by atoms with Gasteiger partial charge in [-0.15, -0.1) is 0 Å². The molecule has 0 fully saturated rings. The number of phenols is 2. The Kier molecular flexibility index (Phi) is 3.99. The number of aryl methyl sites for hydroxylation is 1. The molecule has 0 aliphatic heterocycles. The lowest BCUT2D eigenvalue weighted by molar-refractivity contribution is -0.384. The van der Waals surface area contributed by atoms with Crippen LogP contribution in [-0.4, -0.2) is 23.6 Å². The van der Waals surface area contributed by atoms with Crippen molar-refractivity contribution in [1.29, 1.82) is 0 Å². The smallest absolute Gasteiger partial charge is 0.289 e. The first kappa shape index (κ1) is 16.1. The summed E-state index contributed by atoms with van der Waals surface area (Å²) in [6.07, 6.45) is 0. The molecule has 0 aromatic heterocycles. The highest BCUT2D eigenvalue weighted by Gasteiger charge is 2.25. The third-order valence-electron chi connectivity index (χ3n) is 2.99. The van der Waals surface area contributed by atoms with E-state index in [2.05, 4.69) is 0 Å². The second kappa shape index (κ2) is 5.47. The molecule has 0 aliphatic carbocycles. The topological polar surface area (TPSA) is 118 Å². The number of phenolic OH excluding ortho intramolecular Hbond substituents is 2. The van der Waals surface area contributed by atoms with Gasteiger partial charge in [0.15, 0.2) is 11.5 Å². The van der Waals surface area contributed by atoms with Gasteiger partial charge in [-0.3, -0.25) is 10.1 Å². The summed E-state index contributed by atoms with van der Waals surface area (Å²) in [6.45, 7) is 1.43. The van der Waals surface area contributed by atoms with Crippen molar-refractivity contribution in [2.75, 3.05) is 0 Å². The van der Waals surface area contributed by atoms with Gasteiger partial charge in [-0.05, 0) is 30.7 Å². The van der Waals surface area contributed by atoms with Crippen molar-refractivity contribution in [3.8, 4) is 11.5 Å². The van der Waals surface area contributed by atoms with Gasteiger partial charge in [0, 0.05) is 12.1 Å². The first-order valence-electron chi connectivity index (χ1n) is 5.86. The van der Waals surface area contributed by atoms with Crippen LogP contribution < -0.4 is 0 Å². The fourth-order valence-corrected chi connectivity index (χ4v) is 3.58. The summed E-state index contributed by atoms with van der Waals surface area (Å²) in [6, 6.07) is 5.07. The molecule has 0 atom stereocenters. The minimum atomic E-state index is -4.12. The van der Waals surface area contributed by atoms with Crippen LogP contribution in [0.15, 0.2) is 40.1 Å². The number of rotatable bonds is 3. The van der Waals surface area contributed by atoms with E-state index in [9.17, 15) is 28.7 Å². The van der Waals surface area contributed by atoms with Gasteiger partial charge in [0.05, 0.1) is 14.7 Å². The van der Waals surface area contributed by atoms with Crippen molar-refractivity contribution in [2.45, 2.75) is 16.7 Å². The first-order chi connectivity index (χ1) is 10.1. The maximum absolute atomic E-state index is 12.5. The monoisotopic (exact) mass is 343 g/mol. The van der Waals surface area contributed by atoms with Crippen molar-refractivity contribution in [3.63, 3.8) is 0 Å². The molecule has 0 bridgehead atoms. The number of aromatic hydroxyl groups is 2. The molecule has 7 nitrogen and oxygen atoms in total. The van der Waals surface area contributed by atoms with Gasteiger partial charge in [0.1, 0.15) is 5.02 Å². The Morgan fingerprint density at radius 2 is 1.73 bits per heavy atom. The maximum atomic E-state index is 12.5. The minimum absolute atomic E-state index is 0.186. The van der Waals surface area contributed by atoms with Crippen LogP contribution in [0.3, 0.4) is 0 Å². The molecule has 0 saturated carbocycles. The van der Waals surface area contributed by atoms with Crippen molar-refractivity contribution in [2.24, 2.45) is 0 Å². The van der Waals surface area contributed by atoms with Crippen LogP contribution in [-0.2, 0) is 9.84 Å². The van der Waals surface area contributed by atoms with E-state index in [1.54, 1.807) is 0 Å². The van der Waals surface area contributed by atoms with Crippen LogP contribution in [0.5, 0.6) is 11.5 Å². The van der Waals surface area contributed by atoms with E-state index in [-0.39, 0.29) is 20.4 Å². The normalized spacial score (nSPS) is 11.4. The van der Waals surface area contributed by atoms with Gasteiger partial charge in [0.25, 0.3) is 5.69 Å². The maximum Gasteiger partial charge on any atom is 0.289 e. The molecule has 9 heteroatoms. The highest BCUT2D eigenvalue weighted by Crippen LogP contribution is 2.35. The SMILES string of the molecule is Cc1cc(O)c(O)cc1S(=O)(=O)c1ccc(Cl)c([N+](=O)[O-])c1. The molecule has 2 aromatic carbocycles. The third kappa shape index (κ3) is 2.70. The fraction of sp³-hybridized carbons (Fsp3) is 0.0769. The molecule has 0 unspecified atom stereocenters. The Morgan fingerprint density at radius 1 is 1.14 bits per heavy atom. The molecular weight excluding hydrogens is 334 g/mol. The fourth-order valence-electron chi connectivity index (χ4n) is 1.88. The van der Waals surface area contributed by atoms with E-state index in [4.69, 9.17) is 11.6 Å². The molecule has 0 radical (unpaired) electrons. The highest BCUT2D eigenvalue weighted by molar-refractivity contribution is 7.91. The lowest BCUT2D eigenvalue weighted by Gasteiger charge is -2.09. The van der Waals surface area contributed by atoms with E-state index < -0.39 is 31.9 Å². The molecule has 2 N–H and O–H groups in total. The Bertz CT molecular complexity index is 878. The predicted molar refractivity (Wildman–Crippen MR) is 78.1 cm³/mol. The van der Waals surface area contributed by atoms with Crippen LogP contribution in [0.1, 0.15) is 5.56 Å². The lowest BCUT2D eigenvalue weighted by atomic mass is 10.2. The average molecular weight is 344 g/mol. The summed E-state index contributed by atoms with van der Waals surface area (Å²) in [5, 5.41) is 29.5. The van der Waals surface area contributed by atoms with Gasteiger partial charge in [-0.2, -0.15) is 0 Å². The van der Waals surface area contributed by atoms with E-state index >= 15 is 0 Å². The zero-order valence-electron chi connectivity index (χ0n) is 11.1. The van der Waals surface area contributed by atoms with Gasteiger partial charge < -0.3 is 10.2 Å². The predicted octanol–water partition coefficient (Wildman–Crippen LogP) is 2.80. The standard InChI is InChI=1S/C13H10ClNO6S/c1-7-4-11(16)12(17)6-13(7)22(20,21)8-2-3-9(14)10(5-8)15(18)19/h2-6,16-17H,1H3. The molecule has 0 aliphatic rings. The van der Waals surface area contributed by atoms with Crippen LogP contribution in [0.4, 0.5) is 5.69 Å². The number of hydrogen-bond donors (Lipinski definition) is 2. The van der Waals surface area contributed by atoms with Crippen LogP contribution >= 0.6 is 11.6 Å². The van der Waals surface area contributed by atoms with Crippen molar-refractivity contribution < 1.29 is 23.6 Å². The van der Waals surface area contributed by atoms with E-state index in [1.807, 2.05) is 0 Å². The molecule has 2 rings (SSSR count). The number of halogens is 1. The molecule has 0 heterocycles. The Labute approximate surface area is 130 Å². The van der Waals surface area contributed by atoms with Crippen molar-refractivity contribution in [1.82, 2.24) is 0 Å². The second-order valence-electron chi connectivity index (χ2n) is 4.48. The summed E-state index contributed by atoms with van der Waals surface area (Å²) in [5.74, 6) is -1.06. The average Bonchev–Trinajstić information content (AvgIpc) is 2.42. The number of benzene rings is 2. The number of nitro benzene ring substituents is 1. The Balaban J connectivity index is 2.68. The molecule has 22 heavy (non-hydrogen) atoms. The third-order valence-corrected chi connectivity index (χ3v) is 5.20. The van der Waals surface area contributed by atoms with Gasteiger partial charge in [-0.25, -0.2) is 8.42 Å². The summed E-state index contributed by atoms with van der Waals surface area (Å²) in [5.41, 5.74) is -0.351. The molecular formula is C13H10ClNO6S. The lowest BCUT2D eigenvalue weighted by Crippen LogP contribution is -2.05. The largest absolute Gasteiger partial charge is 0.504 e. The molecule has 0 amide bonds. The first-order valence-corrected chi connectivity index (χ1v) is 7.72. The van der Waals surface area contributed by atoms with E-state index in [0.29, 0.717) is 0 Å². The number of sulfone groups is 1. The zero-order chi connectivity index (χ0) is 16.7. The van der Waals surface area contributed by atoms with Crippen molar-refractivity contribution in [3.05, 3.63) is 51.0 Å². The van der Waals surface area contributed by atoms with E-state index in [1.165, 1.54) is 6.92 Å². The quantitative estimate of drug-likeness (QED) is 0.502. The van der Waals surface area contributed by atoms with E-state index in [0.717, 1.165) is 30.3 Å². The Morgan fingerprint density at radius 3 is 2.32 bits per heavy atom. The molecule has 116 valence electrons. The highest BCUT2D eigenvalue weighted by atomic mass is 35.5. The van der Waals surface area contributed by atoms with Crippen molar-refractivity contribution >= 4 is 27.1 Å². The summed E-state index contributed by atoms with van der Waals surface area (Å²) in [7, 11) is -4.12. The van der Waals surface area contributed by atoms with Gasteiger partial charge in [0.2, 0.25) is 9.84 Å².